The third-order valence-electron chi connectivity index (χ3n) is 10.6. The Hall–Kier alpha value is -6.80. The number of rotatable bonds is 14. The number of hydrogen-bond donors (Lipinski definition) is 2. The molecule has 0 aromatic heterocycles. The van der Waals surface area contributed by atoms with Crippen molar-refractivity contribution in [1.29, 1.82) is 5.26 Å². The standard InChI is InChI=1S/C44H39F4N5O8/c1-43(2)24-52(42(58)38(43)61-30-13-10-27(22-49)32(21-30)44(46,47)48)23-28-7-6-26(20-33(28)45)25-8-11-29(12-9-25)50-16-17-59-18-19-60-35-5-3-4-31-37(35)41(57)53(40(31)56)34-14-15-36(54)51-39(34)55/h3-13,20-21,34,38,50H,14-19,23-24H2,1-2H3,(H,51,54,55). The molecule has 0 radical (unpaired) electrons. The molecule has 2 saturated heterocycles. The van der Waals surface area contributed by atoms with Gasteiger partial charge in [-0.05, 0) is 66.1 Å². The smallest absolute Gasteiger partial charge is 0.417 e. The Morgan fingerprint density at radius 2 is 1.67 bits per heavy atom. The van der Waals surface area contributed by atoms with Gasteiger partial charge >= 0.3 is 6.18 Å². The summed E-state index contributed by atoms with van der Waals surface area (Å²) in [4.78, 5) is 65.9. The van der Waals surface area contributed by atoms with Gasteiger partial charge in [0.25, 0.3) is 17.7 Å². The van der Waals surface area contributed by atoms with Crippen LogP contribution in [-0.2, 0) is 31.8 Å². The number of ether oxygens (including phenoxy) is 3. The lowest BCUT2D eigenvalue weighted by molar-refractivity contribution is -0.138. The molecule has 2 N–H and O–H groups in total. The number of imide groups is 2. The molecule has 316 valence electrons. The summed E-state index contributed by atoms with van der Waals surface area (Å²) >= 11 is 0. The van der Waals surface area contributed by atoms with Crippen LogP contribution < -0.4 is 20.1 Å². The van der Waals surface area contributed by atoms with Gasteiger partial charge in [-0.15, -0.1) is 0 Å². The van der Waals surface area contributed by atoms with Gasteiger partial charge in [0.2, 0.25) is 11.8 Å². The molecule has 17 heteroatoms. The van der Waals surface area contributed by atoms with Gasteiger partial charge in [0.15, 0.2) is 6.10 Å². The summed E-state index contributed by atoms with van der Waals surface area (Å²) in [5.41, 5.74) is 0.0103. The molecule has 0 aliphatic carbocycles. The van der Waals surface area contributed by atoms with Crippen LogP contribution >= 0.6 is 0 Å². The van der Waals surface area contributed by atoms with E-state index in [1.807, 2.05) is 24.3 Å². The van der Waals surface area contributed by atoms with E-state index in [1.165, 1.54) is 29.2 Å². The number of piperidine rings is 1. The van der Waals surface area contributed by atoms with Crippen LogP contribution in [0.25, 0.3) is 11.1 Å². The summed E-state index contributed by atoms with van der Waals surface area (Å²) in [5, 5.41) is 14.5. The summed E-state index contributed by atoms with van der Waals surface area (Å²) in [6.07, 6.45) is -5.86. The van der Waals surface area contributed by atoms with Gasteiger partial charge in [0, 0.05) is 42.7 Å². The molecule has 3 heterocycles. The van der Waals surface area contributed by atoms with Gasteiger partial charge in [0.05, 0.1) is 41.5 Å². The van der Waals surface area contributed by atoms with E-state index in [0.717, 1.165) is 22.2 Å². The fraction of sp³-hybridized carbons (Fsp3) is 0.318. The number of nitriles is 1. The van der Waals surface area contributed by atoms with Crippen LogP contribution in [0.1, 0.15) is 64.1 Å². The molecule has 0 spiro atoms. The molecular formula is C44H39F4N5O8. The normalized spacial score (nSPS) is 18.5. The van der Waals surface area contributed by atoms with Crippen LogP contribution in [0, 0.1) is 22.6 Å². The second-order valence-electron chi connectivity index (χ2n) is 15.4. The summed E-state index contributed by atoms with van der Waals surface area (Å²) in [7, 11) is 0. The molecule has 2 atom stereocenters. The number of carbonyl (C=O) groups excluding carboxylic acids is 5. The van der Waals surface area contributed by atoms with Crippen molar-refractivity contribution in [2.75, 3.05) is 38.2 Å². The zero-order valence-corrected chi connectivity index (χ0v) is 32.9. The zero-order chi connectivity index (χ0) is 43.6. The SMILES string of the molecule is CC1(C)CN(Cc2ccc(-c3ccc(NCCOCCOc4cccc5c4C(=O)N(C4CCC(=O)NC4=O)C5=O)cc3)cc2F)C(=O)C1Oc1ccc(C#N)c(C(F)(F)F)c1. The van der Waals surface area contributed by atoms with Crippen molar-refractivity contribution in [1.82, 2.24) is 15.1 Å². The van der Waals surface area contributed by atoms with Gasteiger partial charge < -0.3 is 24.4 Å². The topological polar surface area (TPSA) is 167 Å². The van der Waals surface area contributed by atoms with Gasteiger partial charge in [-0.3, -0.25) is 34.2 Å². The van der Waals surface area contributed by atoms with E-state index in [9.17, 15) is 37.1 Å². The predicted molar refractivity (Wildman–Crippen MR) is 210 cm³/mol. The average Bonchev–Trinajstić information content (AvgIpc) is 3.60. The number of nitrogens with one attached hydrogen (secondary N) is 2. The molecule has 2 unspecified atom stereocenters. The lowest BCUT2D eigenvalue weighted by atomic mass is 9.89. The highest BCUT2D eigenvalue weighted by atomic mass is 19.4. The van der Waals surface area contributed by atoms with Crippen molar-refractivity contribution in [2.24, 2.45) is 5.41 Å². The Morgan fingerprint density at radius 3 is 2.38 bits per heavy atom. The summed E-state index contributed by atoms with van der Waals surface area (Å²) in [6, 6.07) is 20.0. The van der Waals surface area contributed by atoms with Gasteiger partial charge in [-0.1, -0.05) is 44.2 Å². The zero-order valence-electron chi connectivity index (χ0n) is 32.9. The summed E-state index contributed by atoms with van der Waals surface area (Å²) < 4.78 is 73.3. The number of fused-ring (bicyclic) bond motifs is 1. The van der Waals surface area contributed by atoms with Crippen molar-refractivity contribution in [3.8, 4) is 28.7 Å². The third kappa shape index (κ3) is 8.90. The molecule has 4 aromatic carbocycles. The number of halogens is 4. The van der Waals surface area contributed by atoms with Gasteiger partial charge in [-0.2, -0.15) is 18.4 Å². The van der Waals surface area contributed by atoms with Crippen molar-refractivity contribution in [2.45, 2.75) is 51.6 Å². The van der Waals surface area contributed by atoms with Crippen molar-refractivity contribution < 1.29 is 55.7 Å². The maximum absolute atomic E-state index is 15.5. The Labute approximate surface area is 347 Å². The van der Waals surface area contributed by atoms with Crippen molar-refractivity contribution in [3.05, 3.63) is 112 Å². The van der Waals surface area contributed by atoms with E-state index in [2.05, 4.69) is 10.6 Å². The molecule has 3 aliphatic heterocycles. The van der Waals surface area contributed by atoms with E-state index >= 15 is 4.39 Å². The van der Waals surface area contributed by atoms with E-state index in [4.69, 9.17) is 19.5 Å². The van der Waals surface area contributed by atoms with Crippen LogP contribution in [0.3, 0.4) is 0 Å². The number of nitrogens with zero attached hydrogens (tertiary/aromatic N) is 3. The first-order chi connectivity index (χ1) is 29.0. The number of benzene rings is 4. The molecule has 0 bridgehead atoms. The number of alkyl halides is 3. The van der Waals surface area contributed by atoms with E-state index in [-0.39, 0.29) is 67.3 Å². The van der Waals surface area contributed by atoms with E-state index in [1.54, 1.807) is 38.1 Å². The lowest BCUT2D eigenvalue weighted by Crippen LogP contribution is -2.54. The monoisotopic (exact) mass is 841 g/mol. The maximum Gasteiger partial charge on any atom is 0.417 e. The fourth-order valence-electron chi connectivity index (χ4n) is 7.59. The number of likely N-dealkylation sites (tertiary alicyclic amines) is 1. The minimum atomic E-state index is -4.79. The summed E-state index contributed by atoms with van der Waals surface area (Å²) in [6.45, 7) is 4.57. The van der Waals surface area contributed by atoms with Crippen LogP contribution in [0.2, 0.25) is 0 Å². The minimum absolute atomic E-state index is 0.0169. The Bertz CT molecular complexity index is 2450. The van der Waals surface area contributed by atoms with Crippen molar-refractivity contribution in [3.63, 3.8) is 0 Å². The molecule has 61 heavy (non-hydrogen) atoms. The average molecular weight is 842 g/mol. The predicted octanol–water partition coefficient (Wildman–Crippen LogP) is 6.11. The molecule has 4 aromatic rings. The molecule has 0 saturated carbocycles. The Balaban J connectivity index is 0.866. The van der Waals surface area contributed by atoms with Crippen LogP contribution in [-0.4, -0.2) is 84.4 Å². The minimum Gasteiger partial charge on any atom is -0.490 e. The van der Waals surface area contributed by atoms with Crippen LogP contribution in [0.5, 0.6) is 11.5 Å². The number of hydrogen-bond acceptors (Lipinski definition) is 10. The van der Waals surface area contributed by atoms with Crippen LogP contribution in [0.4, 0.5) is 23.2 Å². The molecule has 5 amide bonds. The largest absolute Gasteiger partial charge is 0.490 e. The first kappa shape index (κ1) is 42.3. The lowest BCUT2D eigenvalue weighted by Gasteiger charge is -2.27. The molecule has 2 fully saturated rings. The Kier molecular flexibility index (Phi) is 11.8. The maximum atomic E-state index is 15.5. The van der Waals surface area contributed by atoms with Gasteiger partial charge in [0.1, 0.15) is 30.0 Å². The molecular weight excluding hydrogens is 803 g/mol. The quantitative estimate of drug-likeness (QED) is 0.0860. The number of amides is 5. The van der Waals surface area contributed by atoms with E-state index in [0.29, 0.717) is 24.8 Å². The highest BCUT2D eigenvalue weighted by molar-refractivity contribution is 6.24. The highest BCUT2D eigenvalue weighted by Gasteiger charge is 2.49. The van der Waals surface area contributed by atoms with E-state index < -0.39 is 70.2 Å². The Morgan fingerprint density at radius 1 is 0.918 bits per heavy atom. The highest BCUT2D eigenvalue weighted by Crippen LogP contribution is 2.39. The third-order valence-corrected chi connectivity index (χ3v) is 10.6. The second-order valence-corrected chi connectivity index (χ2v) is 15.4. The summed E-state index contributed by atoms with van der Waals surface area (Å²) in [5.74, 6) is -3.49. The fourth-order valence-corrected chi connectivity index (χ4v) is 7.59. The number of carbonyl (C=O) groups is 5. The second kappa shape index (κ2) is 17.1. The first-order valence-electron chi connectivity index (χ1n) is 19.3. The van der Waals surface area contributed by atoms with Crippen molar-refractivity contribution >= 4 is 35.2 Å². The molecule has 7 rings (SSSR count). The van der Waals surface area contributed by atoms with Gasteiger partial charge in [-0.25, -0.2) is 4.39 Å². The number of anilines is 1. The first-order valence-corrected chi connectivity index (χ1v) is 19.3. The van der Waals surface area contributed by atoms with Crippen LogP contribution in [0.15, 0.2) is 78.9 Å². The molecule has 3 aliphatic rings. The molecule has 13 nitrogen and oxygen atoms in total.